The highest BCUT2D eigenvalue weighted by molar-refractivity contribution is 6.49. The Hall–Kier alpha value is -1.64. The van der Waals surface area contributed by atoms with Crippen molar-refractivity contribution in [2.75, 3.05) is 0 Å². The van der Waals surface area contributed by atoms with Crippen LogP contribution in [0.3, 0.4) is 0 Å². The number of hydrogen-bond donors (Lipinski definition) is 1. The zero-order chi connectivity index (χ0) is 14.4. The van der Waals surface area contributed by atoms with Gasteiger partial charge in [-0.1, -0.05) is 62.4 Å². The molecule has 1 aliphatic carbocycles. The van der Waals surface area contributed by atoms with Crippen LogP contribution in [-0.2, 0) is 12.8 Å². The topological polar surface area (TPSA) is 49.7 Å². The van der Waals surface area contributed by atoms with E-state index in [-0.39, 0.29) is 11.5 Å². The minimum Gasteiger partial charge on any atom is -0.411 e. The van der Waals surface area contributed by atoms with E-state index < -0.39 is 0 Å². The number of carbonyl (C=O) groups excluding carboxylic acids is 1. The minimum absolute atomic E-state index is 0.131. The van der Waals surface area contributed by atoms with Gasteiger partial charge in [0.25, 0.3) is 0 Å². The molecule has 1 N–H and O–H groups in total. The zero-order valence-electron chi connectivity index (χ0n) is 12.2. The maximum Gasteiger partial charge on any atom is 0.211 e. The molecule has 1 aromatic carbocycles. The van der Waals surface area contributed by atoms with Gasteiger partial charge in [-0.2, -0.15) is 0 Å². The first-order valence-electron chi connectivity index (χ1n) is 7.63. The van der Waals surface area contributed by atoms with E-state index in [1.807, 2.05) is 12.1 Å². The monoisotopic (exact) mass is 273 g/mol. The Morgan fingerprint density at radius 2 is 1.90 bits per heavy atom. The van der Waals surface area contributed by atoms with E-state index in [9.17, 15) is 4.79 Å². The van der Waals surface area contributed by atoms with Crippen molar-refractivity contribution in [3.05, 3.63) is 34.9 Å². The molecule has 0 aliphatic heterocycles. The van der Waals surface area contributed by atoms with Gasteiger partial charge in [0, 0.05) is 12.0 Å². The molecular formula is C17H23NO2. The van der Waals surface area contributed by atoms with Crippen LogP contribution < -0.4 is 0 Å². The van der Waals surface area contributed by atoms with Crippen molar-refractivity contribution in [2.45, 2.75) is 58.3 Å². The molecule has 0 spiro atoms. The fourth-order valence-electron chi connectivity index (χ4n) is 2.78. The first-order chi connectivity index (χ1) is 9.76. The summed E-state index contributed by atoms with van der Waals surface area (Å²) in [4.78, 5) is 11.8. The second-order valence-electron chi connectivity index (χ2n) is 5.56. The molecule has 0 aromatic heterocycles. The predicted octanol–water partition coefficient (Wildman–Crippen LogP) is 4.16. The first-order valence-corrected chi connectivity index (χ1v) is 7.63. The normalized spacial score (nSPS) is 15.8. The number of aryl methyl sites for hydroxylation is 1. The van der Waals surface area contributed by atoms with Crippen molar-refractivity contribution in [2.24, 2.45) is 5.16 Å². The number of fused-ring (bicyclic) bond motifs is 1. The quantitative estimate of drug-likeness (QED) is 0.461. The van der Waals surface area contributed by atoms with Gasteiger partial charge in [-0.15, -0.1) is 0 Å². The summed E-state index contributed by atoms with van der Waals surface area (Å²) < 4.78 is 0. The van der Waals surface area contributed by atoms with E-state index in [2.05, 4.69) is 18.1 Å². The summed E-state index contributed by atoms with van der Waals surface area (Å²) in [5.41, 5.74) is 3.25. The molecule has 0 saturated carbocycles. The van der Waals surface area contributed by atoms with Gasteiger partial charge in [0.2, 0.25) is 5.78 Å². The molecule has 3 heteroatoms. The fourth-order valence-corrected chi connectivity index (χ4v) is 2.78. The second-order valence-corrected chi connectivity index (χ2v) is 5.56. The van der Waals surface area contributed by atoms with Crippen LogP contribution in [0, 0.1) is 0 Å². The van der Waals surface area contributed by atoms with Crippen molar-refractivity contribution in [3.8, 4) is 0 Å². The molecule has 0 unspecified atom stereocenters. The summed E-state index contributed by atoms with van der Waals surface area (Å²) in [5, 5.41) is 11.9. The van der Waals surface area contributed by atoms with Crippen LogP contribution in [0.15, 0.2) is 23.4 Å². The van der Waals surface area contributed by atoms with Crippen molar-refractivity contribution in [1.29, 1.82) is 0 Å². The zero-order valence-corrected chi connectivity index (χ0v) is 12.2. The smallest absolute Gasteiger partial charge is 0.211 e. The lowest BCUT2D eigenvalue weighted by molar-refractivity contribution is 0.106. The van der Waals surface area contributed by atoms with Crippen LogP contribution in [0.4, 0.5) is 0 Å². The average Bonchev–Trinajstić information content (AvgIpc) is 2.79. The molecule has 0 amide bonds. The Morgan fingerprint density at radius 1 is 1.15 bits per heavy atom. The van der Waals surface area contributed by atoms with Crippen molar-refractivity contribution < 1.29 is 10.0 Å². The maximum absolute atomic E-state index is 11.8. The highest BCUT2D eigenvalue weighted by Gasteiger charge is 2.26. The molecule has 0 heterocycles. The van der Waals surface area contributed by atoms with Crippen LogP contribution in [0.2, 0.25) is 0 Å². The van der Waals surface area contributed by atoms with E-state index >= 15 is 0 Å². The third-order valence-electron chi connectivity index (χ3n) is 3.97. The average molecular weight is 273 g/mol. The SMILES string of the molecule is CCCCCCCCc1ccc2c(c1)C/C(=N\O)C2=O. The Labute approximate surface area is 120 Å². The number of carbonyl (C=O) groups is 1. The van der Waals surface area contributed by atoms with Crippen LogP contribution in [0.25, 0.3) is 0 Å². The van der Waals surface area contributed by atoms with E-state index in [1.54, 1.807) is 0 Å². The highest BCUT2D eigenvalue weighted by Crippen LogP contribution is 2.22. The molecule has 2 rings (SSSR count). The number of oxime groups is 1. The van der Waals surface area contributed by atoms with Crippen LogP contribution in [0.5, 0.6) is 0 Å². The summed E-state index contributed by atoms with van der Waals surface area (Å²) in [6.45, 7) is 2.23. The number of ketones is 1. The number of hydrogen-bond acceptors (Lipinski definition) is 3. The van der Waals surface area contributed by atoms with Gasteiger partial charge < -0.3 is 5.21 Å². The van der Waals surface area contributed by atoms with E-state index in [0.717, 1.165) is 12.0 Å². The number of nitrogens with zero attached hydrogens (tertiary/aromatic N) is 1. The van der Waals surface area contributed by atoms with Crippen molar-refractivity contribution >= 4 is 11.5 Å². The van der Waals surface area contributed by atoms with Crippen LogP contribution >= 0.6 is 0 Å². The molecule has 1 aromatic rings. The van der Waals surface area contributed by atoms with E-state index in [1.165, 1.54) is 44.1 Å². The van der Waals surface area contributed by atoms with Gasteiger partial charge in [-0.05, 0) is 24.0 Å². The lowest BCUT2D eigenvalue weighted by Crippen LogP contribution is -2.06. The number of benzene rings is 1. The summed E-state index contributed by atoms with van der Waals surface area (Å²) >= 11 is 0. The molecule has 0 atom stereocenters. The molecule has 1 aliphatic rings. The molecular weight excluding hydrogens is 250 g/mol. The molecule has 3 nitrogen and oxygen atoms in total. The molecule has 108 valence electrons. The molecule has 0 radical (unpaired) electrons. The van der Waals surface area contributed by atoms with Gasteiger partial charge in [0.05, 0.1) is 0 Å². The van der Waals surface area contributed by atoms with Crippen molar-refractivity contribution in [1.82, 2.24) is 0 Å². The van der Waals surface area contributed by atoms with Crippen LogP contribution in [-0.4, -0.2) is 16.7 Å². The Morgan fingerprint density at radius 3 is 2.65 bits per heavy atom. The first kappa shape index (κ1) is 14.8. The van der Waals surface area contributed by atoms with Gasteiger partial charge >= 0.3 is 0 Å². The lowest BCUT2D eigenvalue weighted by Gasteiger charge is -2.04. The molecule has 0 bridgehead atoms. The lowest BCUT2D eigenvalue weighted by atomic mass is 10.0. The number of Topliss-reactive ketones (excluding diaryl/α,β-unsaturated/α-hetero) is 1. The molecule has 0 saturated heterocycles. The predicted molar refractivity (Wildman–Crippen MR) is 80.8 cm³/mol. The van der Waals surface area contributed by atoms with Gasteiger partial charge in [-0.25, -0.2) is 0 Å². The van der Waals surface area contributed by atoms with Crippen LogP contribution in [0.1, 0.15) is 66.9 Å². The Balaban J connectivity index is 1.85. The third-order valence-corrected chi connectivity index (χ3v) is 3.97. The van der Waals surface area contributed by atoms with Crippen molar-refractivity contribution in [3.63, 3.8) is 0 Å². The Bertz CT molecular complexity index is 506. The summed E-state index contributed by atoms with van der Waals surface area (Å²) in [5.74, 6) is -0.131. The van der Waals surface area contributed by atoms with Gasteiger partial charge in [-0.3, -0.25) is 4.79 Å². The maximum atomic E-state index is 11.8. The third kappa shape index (κ3) is 3.47. The summed E-state index contributed by atoms with van der Waals surface area (Å²) in [6, 6.07) is 6.00. The van der Waals surface area contributed by atoms with E-state index in [4.69, 9.17) is 5.21 Å². The summed E-state index contributed by atoms with van der Waals surface area (Å²) in [6.07, 6.45) is 9.30. The van der Waals surface area contributed by atoms with E-state index in [0.29, 0.717) is 12.0 Å². The van der Waals surface area contributed by atoms with Gasteiger partial charge in [0.15, 0.2) is 0 Å². The second kappa shape index (κ2) is 7.22. The number of unbranched alkanes of at least 4 members (excludes halogenated alkanes) is 5. The standard InChI is InChI=1S/C17H23NO2/c1-2-3-4-5-6-7-8-13-9-10-15-14(11-13)12-16(18-20)17(15)19/h9-11,20H,2-8,12H2,1H3/b18-16+. The highest BCUT2D eigenvalue weighted by atomic mass is 16.4. The summed E-state index contributed by atoms with van der Waals surface area (Å²) in [7, 11) is 0. The fraction of sp³-hybridized carbons (Fsp3) is 0.529. The molecule has 0 fully saturated rings. The van der Waals surface area contributed by atoms with Gasteiger partial charge in [0.1, 0.15) is 5.71 Å². The molecule has 20 heavy (non-hydrogen) atoms. The Kier molecular flexibility index (Phi) is 5.33. The number of rotatable bonds is 7. The largest absolute Gasteiger partial charge is 0.411 e. The minimum atomic E-state index is -0.131.